The molecule has 1 aliphatic rings. The van der Waals surface area contributed by atoms with Gasteiger partial charge in [0.15, 0.2) is 0 Å². The Morgan fingerprint density at radius 3 is 3.06 bits per heavy atom. The van der Waals surface area contributed by atoms with Gasteiger partial charge in [-0.3, -0.25) is 4.79 Å². The molecule has 1 aliphatic heterocycles. The SMILES string of the molecule is CC1CSCCN1c1ccc(C=O)cc1C#N. The second kappa shape index (κ2) is 5.24. The summed E-state index contributed by atoms with van der Waals surface area (Å²) in [5.74, 6) is 2.17. The summed E-state index contributed by atoms with van der Waals surface area (Å²) in [4.78, 5) is 13.0. The second-order valence-corrected chi connectivity index (χ2v) is 5.27. The largest absolute Gasteiger partial charge is 0.366 e. The van der Waals surface area contributed by atoms with Crippen LogP contribution in [-0.2, 0) is 0 Å². The molecular formula is C13H14N2OS. The van der Waals surface area contributed by atoms with Crippen LogP contribution in [0.4, 0.5) is 5.69 Å². The molecule has 1 aromatic rings. The van der Waals surface area contributed by atoms with Gasteiger partial charge in [0.05, 0.1) is 11.3 Å². The number of hydrogen-bond donors (Lipinski definition) is 0. The molecule has 88 valence electrons. The summed E-state index contributed by atoms with van der Waals surface area (Å²) < 4.78 is 0. The number of carbonyl (C=O) groups is 1. The fraction of sp³-hybridized carbons (Fsp3) is 0.385. The van der Waals surface area contributed by atoms with Crippen LogP contribution in [0.5, 0.6) is 0 Å². The molecular weight excluding hydrogens is 232 g/mol. The van der Waals surface area contributed by atoms with Crippen LogP contribution >= 0.6 is 11.8 Å². The molecule has 1 aromatic carbocycles. The highest BCUT2D eigenvalue weighted by molar-refractivity contribution is 7.99. The van der Waals surface area contributed by atoms with E-state index in [1.54, 1.807) is 12.1 Å². The molecule has 2 rings (SSSR count). The Kier molecular flexibility index (Phi) is 3.70. The van der Waals surface area contributed by atoms with Gasteiger partial charge in [0, 0.05) is 29.7 Å². The highest BCUT2D eigenvalue weighted by Crippen LogP contribution is 2.27. The lowest BCUT2D eigenvalue weighted by Crippen LogP contribution is -2.40. The normalized spacial score (nSPS) is 19.8. The first kappa shape index (κ1) is 12.0. The van der Waals surface area contributed by atoms with E-state index in [1.807, 2.05) is 17.8 Å². The Hall–Kier alpha value is -1.47. The number of carbonyl (C=O) groups excluding carboxylic acids is 1. The van der Waals surface area contributed by atoms with E-state index in [2.05, 4.69) is 17.9 Å². The standard InChI is InChI=1S/C13H14N2OS/c1-10-9-17-5-4-15(10)13-3-2-11(8-16)6-12(13)7-14/h2-3,6,8,10H,4-5,9H2,1H3. The molecule has 0 aromatic heterocycles. The van der Waals surface area contributed by atoms with Gasteiger partial charge in [-0.05, 0) is 25.1 Å². The number of aldehydes is 1. The molecule has 0 amide bonds. The van der Waals surface area contributed by atoms with Crippen molar-refractivity contribution in [2.45, 2.75) is 13.0 Å². The summed E-state index contributed by atoms with van der Waals surface area (Å²) in [5.41, 5.74) is 2.10. The average molecular weight is 246 g/mol. The molecule has 1 heterocycles. The third-order valence-electron chi connectivity index (χ3n) is 2.95. The van der Waals surface area contributed by atoms with Crippen molar-refractivity contribution in [3.05, 3.63) is 29.3 Å². The number of hydrogen-bond acceptors (Lipinski definition) is 4. The number of nitrogens with zero attached hydrogens (tertiary/aromatic N) is 2. The minimum absolute atomic E-state index is 0.433. The van der Waals surface area contributed by atoms with Crippen LogP contribution in [0.1, 0.15) is 22.8 Å². The van der Waals surface area contributed by atoms with Gasteiger partial charge in [-0.1, -0.05) is 0 Å². The third-order valence-corrected chi connectivity index (χ3v) is 4.14. The van der Waals surface area contributed by atoms with Gasteiger partial charge >= 0.3 is 0 Å². The Bertz CT molecular complexity index is 467. The third kappa shape index (κ3) is 2.45. The first-order valence-corrected chi connectivity index (χ1v) is 6.75. The summed E-state index contributed by atoms with van der Waals surface area (Å²) in [6.07, 6.45) is 0.778. The van der Waals surface area contributed by atoms with Crippen molar-refractivity contribution in [1.29, 1.82) is 5.26 Å². The second-order valence-electron chi connectivity index (χ2n) is 4.12. The van der Waals surface area contributed by atoms with E-state index in [9.17, 15) is 4.79 Å². The Labute approximate surface area is 105 Å². The van der Waals surface area contributed by atoms with Crippen molar-refractivity contribution in [1.82, 2.24) is 0 Å². The van der Waals surface area contributed by atoms with Crippen molar-refractivity contribution < 1.29 is 4.79 Å². The summed E-state index contributed by atoms with van der Waals surface area (Å²) in [6.45, 7) is 3.13. The van der Waals surface area contributed by atoms with E-state index in [0.717, 1.165) is 30.0 Å². The van der Waals surface area contributed by atoms with Crippen LogP contribution in [0.2, 0.25) is 0 Å². The fourth-order valence-electron chi connectivity index (χ4n) is 2.05. The number of rotatable bonds is 2. The van der Waals surface area contributed by atoms with E-state index in [1.165, 1.54) is 0 Å². The van der Waals surface area contributed by atoms with E-state index in [0.29, 0.717) is 17.2 Å². The molecule has 4 heteroatoms. The van der Waals surface area contributed by atoms with E-state index in [-0.39, 0.29) is 0 Å². The molecule has 17 heavy (non-hydrogen) atoms. The highest BCUT2D eigenvalue weighted by Gasteiger charge is 2.21. The molecule has 0 spiro atoms. The van der Waals surface area contributed by atoms with Gasteiger partial charge in [0.2, 0.25) is 0 Å². The predicted molar refractivity (Wildman–Crippen MR) is 70.7 cm³/mol. The molecule has 0 aliphatic carbocycles. The number of nitriles is 1. The van der Waals surface area contributed by atoms with Crippen LogP contribution in [0.3, 0.4) is 0 Å². The average Bonchev–Trinajstić information content (AvgIpc) is 2.38. The molecule has 1 fully saturated rings. The fourth-order valence-corrected chi connectivity index (χ4v) is 3.07. The zero-order chi connectivity index (χ0) is 12.3. The molecule has 0 N–H and O–H groups in total. The van der Waals surface area contributed by atoms with E-state index < -0.39 is 0 Å². The topological polar surface area (TPSA) is 44.1 Å². The molecule has 0 bridgehead atoms. The molecule has 3 nitrogen and oxygen atoms in total. The Balaban J connectivity index is 2.37. The van der Waals surface area contributed by atoms with Crippen LogP contribution < -0.4 is 4.90 Å². The van der Waals surface area contributed by atoms with Crippen LogP contribution in [0.15, 0.2) is 18.2 Å². The lowest BCUT2D eigenvalue weighted by molar-refractivity contribution is 0.112. The van der Waals surface area contributed by atoms with Crippen LogP contribution in [-0.4, -0.2) is 30.4 Å². The first-order valence-electron chi connectivity index (χ1n) is 5.60. The van der Waals surface area contributed by atoms with Gasteiger partial charge in [-0.2, -0.15) is 17.0 Å². The van der Waals surface area contributed by atoms with Crippen molar-refractivity contribution >= 4 is 23.7 Å². The summed E-state index contributed by atoms with van der Waals surface area (Å²) in [6, 6.07) is 7.94. The number of benzene rings is 1. The quantitative estimate of drug-likeness (QED) is 0.751. The lowest BCUT2D eigenvalue weighted by atomic mass is 10.1. The smallest absolute Gasteiger partial charge is 0.150 e. The molecule has 1 unspecified atom stereocenters. The van der Waals surface area contributed by atoms with Crippen molar-refractivity contribution in [3.8, 4) is 6.07 Å². The van der Waals surface area contributed by atoms with Gasteiger partial charge < -0.3 is 4.90 Å². The van der Waals surface area contributed by atoms with E-state index in [4.69, 9.17) is 5.26 Å². The van der Waals surface area contributed by atoms with Crippen molar-refractivity contribution in [3.63, 3.8) is 0 Å². The summed E-state index contributed by atoms with van der Waals surface area (Å²) in [5, 5.41) is 9.16. The van der Waals surface area contributed by atoms with Gasteiger partial charge in [0.25, 0.3) is 0 Å². The van der Waals surface area contributed by atoms with Crippen LogP contribution in [0.25, 0.3) is 0 Å². The lowest BCUT2D eigenvalue weighted by Gasteiger charge is -2.35. The van der Waals surface area contributed by atoms with E-state index >= 15 is 0 Å². The highest BCUT2D eigenvalue weighted by atomic mass is 32.2. The van der Waals surface area contributed by atoms with Crippen molar-refractivity contribution in [2.75, 3.05) is 23.0 Å². The Morgan fingerprint density at radius 2 is 2.41 bits per heavy atom. The van der Waals surface area contributed by atoms with Gasteiger partial charge in [0.1, 0.15) is 12.4 Å². The number of thioether (sulfide) groups is 1. The first-order chi connectivity index (χ1) is 8.26. The van der Waals surface area contributed by atoms with Crippen molar-refractivity contribution in [2.24, 2.45) is 0 Å². The van der Waals surface area contributed by atoms with Crippen LogP contribution in [0, 0.1) is 11.3 Å². The number of anilines is 1. The maximum absolute atomic E-state index is 10.7. The molecule has 0 saturated carbocycles. The molecule has 0 radical (unpaired) electrons. The molecule has 1 saturated heterocycles. The zero-order valence-electron chi connectivity index (χ0n) is 9.72. The van der Waals surface area contributed by atoms with Gasteiger partial charge in [-0.15, -0.1) is 0 Å². The maximum Gasteiger partial charge on any atom is 0.150 e. The minimum Gasteiger partial charge on any atom is -0.366 e. The predicted octanol–water partition coefficient (Wildman–Crippen LogP) is 2.31. The summed E-state index contributed by atoms with van der Waals surface area (Å²) >= 11 is 1.94. The maximum atomic E-state index is 10.7. The summed E-state index contributed by atoms with van der Waals surface area (Å²) in [7, 11) is 0. The zero-order valence-corrected chi connectivity index (χ0v) is 10.5. The minimum atomic E-state index is 0.433. The van der Waals surface area contributed by atoms with Gasteiger partial charge in [-0.25, -0.2) is 0 Å². The molecule has 1 atom stereocenters. The monoisotopic (exact) mass is 246 g/mol. The Morgan fingerprint density at radius 1 is 1.59 bits per heavy atom.